The molecule has 17 heavy (non-hydrogen) atoms. The van der Waals surface area contributed by atoms with Gasteiger partial charge in [-0.25, -0.2) is 4.98 Å². The molecule has 0 bridgehead atoms. The molecule has 94 valence electrons. The average molecular weight is 236 g/mol. The standard InChI is InChI=1S/C12H20N4O/c1-3-8(4-2)6-15-12-10(11(14)17)5-9(13)7-16-12/h5,7-8H,3-4,6,13H2,1-2H3,(H2,14,17)(H,15,16). The molecule has 0 aliphatic rings. The van der Waals surface area contributed by atoms with Crippen molar-refractivity contribution in [1.82, 2.24) is 4.98 Å². The number of pyridine rings is 1. The normalized spacial score (nSPS) is 10.5. The summed E-state index contributed by atoms with van der Waals surface area (Å²) in [6.45, 7) is 5.06. The molecule has 0 aromatic carbocycles. The van der Waals surface area contributed by atoms with Crippen LogP contribution in [0.1, 0.15) is 37.0 Å². The van der Waals surface area contributed by atoms with E-state index >= 15 is 0 Å². The predicted molar refractivity (Wildman–Crippen MR) is 69.7 cm³/mol. The molecular weight excluding hydrogens is 216 g/mol. The van der Waals surface area contributed by atoms with Crippen molar-refractivity contribution in [1.29, 1.82) is 0 Å². The summed E-state index contributed by atoms with van der Waals surface area (Å²) in [5, 5.41) is 3.16. The van der Waals surface area contributed by atoms with Crippen LogP contribution in [0.4, 0.5) is 11.5 Å². The van der Waals surface area contributed by atoms with E-state index in [4.69, 9.17) is 11.5 Å². The van der Waals surface area contributed by atoms with Crippen molar-refractivity contribution in [3.63, 3.8) is 0 Å². The second kappa shape index (κ2) is 6.08. The summed E-state index contributed by atoms with van der Waals surface area (Å²) >= 11 is 0. The molecule has 1 aromatic rings. The molecule has 1 heterocycles. The van der Waals surface area contributed by atoms with Gasteiger partial charge in [-0.2, -0.15) is 0 Å². The molecule has 1 amide bonds. The van der Waals surface area contributed by atoms with E-state index in [0.717, 1.165) is 19.4 Å². The van der Waals surface area contributed by atoms with Gasteiger partial charge in [-0.1, -0.05) is 26.7 Å². The van der Waals surface area contributed by atoms with Crippen LogP contribution in [0.15, 0.2) is 12.3 Å². The number of hydrogen-bond donors (Lipinski definition) is 3. The van der Waals surface area contributed by atoms with Crippen LogP contribution < -0.4 is 16.8 Å². The fourth-order valence-electron chi connectivity index (χ4n) is 1.63. The molecule has 0 aliphatic carbocycles. The lowest BCUT2D eigenvalue weighted by Crippen LogP contribution is -2.19. The summed E-state index contributed by atoms with van der Waals surface area (Å²) in [6, 6.07) is 1.55. The van der Waals surface area contributed by atoms with Gasteiger partial charge in [0.2, 0.25) is 0 Å². The fraction of sp³-hybridized carbons (Fsp3) is 0.500. The number of aromatic nitrogens is 1. The lowest BCUT2D eigenvalue weighted by molar-refractivity contribution is 0.100. The van der Waals surface area contributed by atoms with Gasteiger partial charge in [0.1, 0.15) is 5.82 Å². The van der Waals surface area contributed by atoms with Gasteiger partial charge >= 0.3 is 0 Å². The molecule has 5 N–H and O–H groups in total. The number of nitrogen functional groups attached to an aromatic ring is 1. The summed E-state index contributed by atoms with van der Waals surface area (Å²) in [6.07, 6.45) is 3.69. The third kappa shape index (κ3) is 3.62. The summed E-state index contributed by atoms with van der Waals surface area (Å²) < 4.78 is 0. The number of hydrogen-bond acceptors (Lipinski definition) is 4. The minimum atomic E-state index is -0.517. The Hall–Kier alpha value is -1.78. The third-order valence-electron chi connectivity index (χ3n) is 2.89. The number of nitrogens with one attached hydrogen (secondary N) is 1. The first-order chi connectivity index (χ1) is 8.08. The number of nitrogens with two attached hydrogens (primary N) is 2. The van der Waals surface area contributed by atoms with E-state index in [0.29, 0.717) is 23.0 Å². The van der Waals surface area contributed by atoms with Crippen molar-refractivity contribution in [2.45, 2.75) is 26.7 Å². The Balaban J connectivity index is 2.80. The molecule has 0 saturated carbocycles. The third-order valence-corrected chi connectivity index (χ3v) is 2.89. The largest absolute Gasteiger partial charge is 0.397 e. The summed E-state index contributed by atoms with van der Waals surface area (Å²) in [5.41, 5.74) is 11.6. The number of carbonyl (C=O) groups is 1. The Morgan fingerprint density at radius 2 is 2.12 bits per heavy atom. The number of anilines is 2. The average Bonchev–Trinajstić information content (AvgIpc) is 2.31. The van der Waals surface area contributed by atoms with Crippen molar-refractivity contribution in [2.24, 2.45) is 11.7 Å². The molecule has 1 rings (SSSR count). The Morgan fingerprint density at radius 3 is 2.65 bits per heavy atom. The Labute approximate surface area is 102 Å². The molecule has 0 atom stereocenters. The minimum Gasteiger partial charge on any atom is -0.397 e. The molecule has 0 unspecified atom stereocenters. The van der Waals surface area contributed by atoms with E-state index in [2.05, 4.69) is 24.1 Å². The molecule has 0 radical (unpaired) electrons. The zero-order valence-electron chi connectivity index (χ0n) is 10.4. The number of nitrogens with zero attached hydrogens (tertiary/aromatic N) is 1. The number of carbonyl (C=O) groups excluding carboxylic acids is 1. The summed E-state index contributed by atoms with van der Waals surface area (Å²) in [5.74, 6) is 0.561. The van der Waals surface area contributed by atoms with Gasteiger partial charge in [0.15, 0.2) is 0 Å². The first-order valence-electron chi connectivity index (χ1n) is 5.87. The van der Waals surface area contributed by atoms with Crippen LogP contribution in [0.5, 0.6) is 0 Å². The SMILES string of the molecule is CCC(CC)CNc1ncc(N)cc1C(N)=O. The minimum absolute atomic E-state index is 0.343. The van der Waals surface area contributed by atoms with Crippen LogP contribution in [0.2, 0.25) is 0 Å². The zero-order chi connectivity index (χ0) is 12.8. The van der Waals surface area contributed by atoms with Crippen molar-refractivity contribution < 1.29 is 4.79 Å². The molecule has 1 aromatic heterocycles. The van der Waals surface area contributed by atoms with Gasteiger partial charge in [-0.05, 0) is 12.0 Å². The molecule has 5 nitrogen and oxygen atoms in total. The first kappa shape index (κ1) is 13.3. The van der Waals surface area contributed by atoms with Crippen LogP contribution in [0.25, 0.3) is 0 Å². The molecule has 0 saturated heterocycles. The van der Waals surface area contributed by atoms with Crippen LogP contribution in [0.3, 0.4) is 0 Å². The van der Waals surface area contributed by atoms with E-state index < -0.39 is 5.91 Å². The van der Waals surface area contributed by atoms with Crippen molar-refractivity contribution in [3.05, 3.63) is 17.8 Å². The Morgan fingerprint density at radius 1 is 1.47 bits per heavy atom. The van der Waals surface area contributed by atoms with Gasteiger partial charge in [0.05, 0.1) is 17.4 Å². The van der Waals surface area contributed by atoms with E-state index in [1.54, 1.807) is 6.07 Å². The molecule has 0 fully saturated rings. The van der Waals surface area contributed by atoms with Gasteiger partial charge in [-0.15, -0.1) is 0 Å². The number of amides is 1. The second-order valence-corrected chi connectivity index (χ2v) is 4.09. The van der Waals surface area contributed by atoms with E-state index in [-0.39, 0.29) is 0 Å². The van der Waals surface area contributed by atoms with Gasteiger partial charge in [-0.3, -0.25) is 4.79 Å². The van der Waals surface area contributed by atoms with Gasteiger partial charge in [0.25, 0.3) is 5.91 Å². The first-order valence-corrected chi connectivity index (χ1v) is 5.87. The van der Waals surface area contributed by atoms with Crippen molar-refractivity contribution in [3.8, 4) is 0 Å². The molecular formula is C12H20N4O. The molecule has 5 heteroatoms. The molecule has 0 spiro atoms. The van der Waals surface area contributed by atoms with Crippen LogP contribution >= 0.6 is 0 Å². The maximum Gasteiger partial charge on any atom is 0.252 e. The van der Waals surface area contributed by atoms with Crippen molar-refractivity contribution in [2.75, 3.05) is 17.6 Å². The monoisotopic (exact) mass is 236 g/mol. The molecule has 0 aliphatic heterocycles. The van der Waals surface area contributed by atoms with Crippen LogP contribution in [0, 0.1) is 5.92 Å². The predicted octanol–water partition coefficient (Wildman–Crippen LogP) is 1.61. The van der Waals surface area contributed by atoms with E-state index in [1.165, 1.54) is 6.20 Å². The second-order valence-electron chi connectivity index (χ2n) is 4.09. The Kier molecular flexibility index (Phi) is 4.75. The van der Waals surface area contributed by atoms with Gasteiger partial charge in [0, 0.05) is 6.54 Å². The Bertz CT molecular complexity index is 388. The smallest absolute Gasteiger partial charge is 0.252 e. The highest BCUT2D eigenvalue weighted by Crippen LogP contribution is 2.16. The van der Waals surface area contributed by atoms with E-state index in [1.807, 2.05) is 0 Å². The maximum atomic E-state index is 11.2. The van der Waals surface area contributed by atoms with Crippen LogP contribution in [-0.2, 0) is 0 Å². The highest BCUT2D eigenvalue weighted by Gasteiger charge is 2.11. The zero-order valence-corrected chi connectivity index (χ0v) is 10.4. The van der Waals surface area contributed by atoms with Crippen molar-refractivity contribution >= 4 is 17.4 Å². The fourth-order valence-corrected chi connectivity index (χ4v) is 1.63. The quantitative estimate of drug-likeness (QED) is 0.699. The topological polar surface area (TPSA) is 94.0 Å². The highest BCUT2D eigenvalue weighted by atomic mass is 16.1. The van der Waals surface area contributed by atoms with Crippen LogP contribution in [-0.4, -0.2) is 17.4 Å². The number of primary amides is 1. The lowest BCUT2D eigenvalue weighted by Gasteiger charge is -2.15. The van der Waals surface area contributed by atoms with E-state index in [9.17, 15) is 4.79 Å². The summed E-state index contributed by atoms with van der Waals surface area (Å²) in [4.78, 5) is 15.3. The summed E-state index contributed by atoms with van der Waals surface area (Å²) in [7, 11) is 0. The highest BCUT2D eigenvalue weighted by molar-refractivity contribution is 5.98. The lowest BCUT2D eigenvalue weighted by atomic mass is 10.0. The number of rotatable bonds is 6. The van der Waals surface area contributed by atoms with Gasteiger partial charge < -0.3 is 16.8 Å². The maximum absolute atomic E-state index is 11.2.